The molecule has 1 aromatic rings. The first-order valence-corrected chi connectivity index (χ1v) is 9.42. The maximum absolute atomic E-state index is 13.5. The van der Waals surface area contributed by atoms with Gasteiger partial charge in [0.1, 0.15) is 6.04 Å². The Morgan fingerprint density at radius 3 is 2.63 bits per heavy atom. The van der Waals surface area contributed by atoms with Crippen LogP contribution < -0.4 is 10.6 Å². The molecular weight excluding hydrogens is 359 g/mol. The molecule has 2 aliphatic rings. The molecule has 0 bridgehead atoms. The highest BCUT2D eigenvalue weighted by Crippen LogP contribution is 2.34. The zero-order valence-electron chi connectivity index (χ0n) is 15.2. The molecule has 0 radical (unpaired) electrons. The van der Waals surface area contributed by atoms with E-state index in [4.69, 9.17) is 4.74 Å². The fourth-order valence-electron chi connectivity index (χ4n) is 3.79. The van der Waals surface area contributed by atoms with Crippen molar-refractivity contribution in [3.8, 4) is 0 Å². The fourth-order valence-corrected chi connectivity index (χ4v) is 3.79. The zero-order chi connectivity index (χ0) is 19.3. The summed E-state index contributed by atoms with van der Waals surface area (Å²) in [5.74, 6) is -0.842. The van der Waals surface area contributed by atoms with Gasteiger partial charge in [-0.15, -0.1) is 0 Å². The minimum Gasteiger partial charge on any atom is -0.373 e. The average Bonchev–Trinajstić information content (AvgIpc) is 2.68. The lowest BCUT2D eigenvalue weighted by atomic mass is 9.88. The number of alkyl halides is 3. The van der Waals surface area contributed by atoms with Gasteiger partial charge in [-0.2, -0.15) is 13.2 Å². The minimum atomic E-state index is -4.38. The molecule has 8 heteroatoms. The molecular formula is C19H26F3N3O2. The van der Waals surface area contributed by atoms with Crippen molar-refractivity contribution in [3.63, 3.8) is 0 Å². The van der Waals surface area contributed by atoms with Crippen molar-refractivity contribution in [2.45, 2.75) is 31.2 Å². The van der Waals surface area contributed by atoms with Gasteiger partial charge in [0, 0.05) is 39.3 Å². The second-order valence-electron chi connectivity index (χ2n) is 7.04. The van der Waals surface area contributed by atoms with Gasteiger partial charge in [0.05, 0.1) is 12.0 Å². The SMILES string of the molecule is O=C(NCC(N1CCNCC1)C(F)(F)F)C1CCCOC1c1ccccc1. The number of amides is 1. The van der Waals surface area contributed by atoms with Gasteiger partial charge in [-0.3, -0.25) is 9.69 Å². The number of nitrogens with zero attached hydrogens (tertiary/aromatic N) is 1. The van der Waals surface area contributed by atoms with Crippen molar-refractivity contribution < 1.29 is 22.7 Å². The predicted octanol–water partition coefficient (Wildman–Crippen LogP) is 2.11. The summed E-state index contributed by atoms with van der Waals surface area (Å²) < 4.78 is 46.3. The average molecular weight is 385 g/mol. The number of rotatable bonds is 5. The van der Waals surface area contributed by atoms with E-state index in [1.54, 1.807) is 0 Å². The van der Waals surface area contributed by atoms with Crippen molar-refractivity contribution in [2.75, 3.05) is 39.3 Å². The number of ether oxygens (including phenoxy) is 1. The molecule has 0 aromatic heterocycles. The van der Waals surface area contributed by atoms with Crippen LogP contribution in [0.25, 0.3) is 0 Å². The Kier molecular flexibility index (Phi) is 6.73. The van der Waals surface area contributed by atoms with Crippen molar-refractivity contribution in [1.82, 2.24) is 15.5 Å². The molecule has 3 unspecified atom stereocenters. The van der Waals surface area contributed by atoms with Crippen molar-refractivity contribution >= 4 is 5.91 Å². The van der Waals surface area contributed by atoms with E-state index in [-0.39, 0.29) is 5.91 Å². The summed E-state index contributed by atoms with van der Waals surface area (Å²) in [4.78, 5) is 14.1. The summed E-state index contributed by atoms with van der Waals surface area (Å²) in [6.45, 7) is 1.80. The summed E-state index contributed by atoms with van der Waals surface area (Å²) in [6, 6.07) is 7.72. The Bertz CT molecular complexity index is 606. The van der Waals surface area contributed by atoms with Crippen molar-refractivity contribution in [2.24, 2.45) is 5.92 Å². The van der Waals surface area contributed by atoms with E-state index in [1.807, 2.05) is 30.3 Å². The first kappa shape index (κ1) is 20.1. The molecule has 2 heterocycles. The molecule has 27 heavy (non-hydrogen) atoms. The van der Waals surface area contributed by atoms with E-state index in [2.05, 4.69) is 10.6 Å². The summed E-state index contributed by atoms with van der Waals surface area (Å²) >= 11 is 0. The van der Waals surface area contributed by atoms with Crippen LogP contribution in [-0.4, -0.2) is 62.4 Å². The number of carbonyl (C=O) groups is 1. The lowest BCUT2D eigenvalue weighted by Gasteiger charge is -2.37. The number of nitrogens with one attached hydrogen (secondary N) is 2. The smallest absolute Gasteiger partial charge is 0.373 e. The second kappa shape index (κ2) is 9.03. The third-order valence-corrected chi connectivity index (χ3v) is 5.23. The Labute approximate surface area is 157 Å². The molecule has 3 atom stereocenters. The molecule has 0 aliphatic carbocycles. The maximum atomic E-state index is 13.5. The van der Waals surface area contributed by atoms with Crippen molar-refractivity contribution in [1.29, 1.82) is 0 Å². The summed E-state index contributed by atoms with van der Waals surface area (Å²) in [7, 11) is 0. The molecule has 2 aliphatic heterocycles. The van der Waals surface area contributed by atoms with Gasteiger partial charge < -0.3 is 15.4 Å². The highest BCUT2D eigenvalue weighted by molar-refractivity contribution is 5.79. The maximum Gasteiger partial charge on any atom is 0.405 e. The number of hydrogen-bond donors (Lipinski definition) is 2. The van der Waals surface area contributed by atoms with Crippen LogP contribution in [0.1, 0.15) is 24.5 Å². The highest BCUT2D eigenvalue weighted by atomic mass is 19.4. The molecule has 1 aromatic carbocycles. The topological polar surface area (TPSA) is 53.6 Å². The Morgan fingerprint density at radius 1 is 1.26 bits per heavy atom. The monoisotopic (exact) mass is 385 g/mol. The van der Waals surface area contributed by atoms with E-state index >= 15 is 0 Å². The van der Waals surface area contributed by atoms with E-state index < -0.39 is 30.8 Å². The molecule has 2 saturated heterocycles. The molecule has 3 rings (SSSR count). The van der Waals surface area contributed by atoms with E-state index in [0.717, 1.165) is 12.0 Å². The standard InChI is InChI=1S/C19H26F3N3O2/c20-19(21,22)16(25-10-8-23-9-11-25)13-24-18(26)15-7-4-12-27-17(15)14-5-2-1-3-6-14/h1-3,5-6,15-17,23H,4,7-13H2,(H,24,26). The molecule has 5 nitrogen and oxygen atoms in total. The third kappa shape index (κ3) is 5.21. The molecule has 0 spiro atoms. The first-order valence-electron chi connectivity index (χ1n) is 9.42. The largest absolute Gasteiger partial charge is 0.405 e. The highest BCUT2D eigenvalue weighted by Gasteiger charge is 2.44. The van der Waals surface area contributed by atoms with E-state index in [1.165, 1.54) is 4.90 Å². The quantitative estimate of drug-likeness (QED) is 0.815. The molecule has 2 N–H and O–H groups in total. The van der Waals surface area contributed by atoms with Crippen LogP contribution >= 0.6 is 0 Å². The summed E-state index contributed by atoms with van der Waals surface area (Å²) in [6.07, 6.45) is -3.46. The predicted molar refractivity (Wildman–Crippen MR) is 95.2 cm³/mol. The van der Waals surface area contributed by atoms with E-state index in [9.17, 15) is 18.0 Å². The number of hydrogen-bond acceptors (Lipinski definition) is 4. The van der Waals surface area contributed by atoms with Crippen molar-refractivity contribution in [3.05, 3.63) is 35.9 Å². The fraction of sp³-hybridized carbons (Fsp3) is 0.632. The van der Waals surface area contributed by atoms with Gasteiger partial charge in [-0.25, -0.2) is 0 Å². The van der Waals surface area contributed by atoms with Crippen LogP contribution in [0.15, 0.2) is 30.3 Å². The van der Waals surface area contributed by atoms with Crippen LogP contribution in [0.3, 0.4) is 0 Å². The first-order chi connectivity index (χ1) is 13.0. The minimum absolute atomic E-state index is 0.319. The van der Waals surface area contributed by atoms with Gasteiger partial charge in [0.25, 0.3) is 0 Å². The van der Waals surface area contributed by atoms with Crippen LogP contribution in [0.4, 0.5) is 13.2 Å². The van der Waals surface area contributed by atoms with Crippen LogP contribution in [0, 0.1) is 5.92 Å². The normalized spacial score (nSPS) is 25.7. The number of carbonyl (C=O) groups excluding carboxylic acids is 1. The number of piperazine rings is 1. The second-order valence-corrected chi connectivity index (χ2v) is 7.04. The molecule has 1 amide bonds. The number of halogens is 3. The van der Waals surface area contributed by atoms with Gasteiger partial charge in [0.15, 0.2) is 0 Å². The van der Waals surface area contributed by atoms with Gasteiger partial charge in [0.2, 0.25) is 5.91 Å². The van der Waals surface area contributed by atoms with Crippen LogP contribution in [0.5, 0.6) is 0 Å². The summed E-state index contributed by atoms with van der Waals surface area (Å²) in [5, 5.41) is 5.60. The zero-order valence-corrected chi connectivity index (χ0v) is 15.2. The van der Waals surface area contributed by atoms with Crippen LogP contribution in [-0.2, 0) is 9.53 Å². The lowest BCUT2D eigenvalue weighted by molar-refractivity contribution is -0.184. The van der Waals surface area contributed by atoms with Gasteiger partial charge in [-0.1, -0.05) is 30.3 Å². The molecule has 0 saturated carbocycles. The van der Waals surface area contributed by atoms with E-state index in [0.29, 0.717) is 39.2 Å². The summed E-state index contributed by atoms with van der Waals surface area (Å²) in [5.41, 5.74) is 0.881. The Morgan fingerprint density at radius 2 is 1.96 bits per heavy atom. The third-order valence-electron chi connectivity index (χ3n) is 5.23. The van der Waals surface area contributed by atoms with Gasteiger partial charge in [-0.05, 0) is 18.4 Å². The number of benzene rings is 1. The van der Waals surface area contributed by atoms with Gasteiger partial charge >= 0.3 is 6.18 Å². The molecule has 150 valence electrons. The van der Waals surface area contributed by atoms with Crippen LogP contribution in [0.2, 0.25) is 0 Å². The lowest BCUT2D eigenvalue weighted by Crippen LogP contribution is -2.58. The Hall–Kier alpha value is -1.64. The molecule has 2 fully saturated rings. The Balaban J connectivity index is 1.65.